The van der Waals surface area contributed by atoms with E-state index in [2.05, 4.69) is 29.5 Å². The third kappa shape index (κ3) is 3.67. The molecule has 22 heavy (non-hydrogen) atoms. The molecule has 2 N–H and O–H groups in total. The Morgan fingerprint density at radius 2 is 1.82 bits per heavy atom. The number of amides is 2. The number of urea groups is 1. The zero-order valence-electron chi connectivity index (χ0n) is 13.0. The lowest BCUT2D eigenvalue weighted by Gasteiger charge is -2.13. The number of nitrogens with one attached hydrogen (secondary N) is 2. The van der Waals surface area contributed by atoms with Gasteiger partial charge in [-0.1, -0.05) is 19.9 Å². The molecule has 1 aromatic heterocycles. The van der Waals surface area contributed by atoms with Crippen molar-refractivity contribution in [2.75, 3.05) is 24.9 Å². The van der Waals surface area contributed by atoms with Crippen LogP contribution in [0.25, 0.3) is 0 Å². The van der Waals surface area contributed by atoms with Gasteiger partial charge in [-0.2, -0.15) is 0 Å². The summed E-state index contributed by atoms with van der Waals surface area (Å²) in [5.41, 5.74) is 0.477. The second-order valence-electron chi connectivity index (χ2n) is 4.84. The van der Waals surface area contributed by atoms with E-state index in [1.807, 2.05) is 0 Å². The number of aromatic nitrogens is 1. The van der Waals surface area contributed by atoms with Crippen LogP contribution >= 0.6 is 11.3 Å². The van der Waals surface area contributed by atoms with E-state index in [1.165, 1.54) is 25.6 Å². The minimum Gasteiger partial charge on any atom is -0.494 e. The molecule has 0 atom stereocenters. The summed E-state index contributed by atoms with van der Waals surface area (Å²) in [6.07, 6.45) is 1.77. The van der Waals surface area contributed by atoms with Crippen LogP contribution in [-0.2, 0) is 0 Å². The number of carbonyl (C=O) groups excluding carboxylic acids is 1. The van der Waals surface area contributed by atoms with E-state index in [0.717, 1.165) is 4.88 Å². The van der Waals surface area contributed by atoms with Crippen molar-refractivity contribution < 1.29 is 14.3 Å². The van der Waals surface area contributed by atoms with Gasteiger partial charge in [-0.15, -0.1) is 11.3 Å². The molecule has 2 aromatic rings. The summed E-state index contributed by atoms with van der Waals surface area (Å²) in [5, 5.41) is 6.00. The van der Waals surface area contributed by atoms with Crippen molar-refractivity contribution >= 4 is 28.2 Å². The first-order valence-electron chi connectivity index (χ1n) is 6.79. The number of rotatable bonds is 5. The van der Waals surface area contributed by atoms with Crippen molar-refractivity contribution in [2.45, 2.75) is 19.8 Å². The average molecular weight is 321 g/mol. The lowest BCUT2D eigenvalue weighted by atomic mass is 10.2. The maximum Gasteiger partial charge on any atom is 0.325 e. The van der Waals surface area contributed by atoms with Gasteiger partial charge in [0.05, 0.1) is 14.2 Å². The Hall–Kier alpha value is -2.28. The summed E-state index contributed by atoms with van der Waals surface area (Å²) in [6.45, 7) is 4.16. The Labute approximate surface area is 133 Å². The Morgan fingerprint density at radius 3 is 2.32 bits per heavy atom. The van der Waals surface area contributed by atoms with E-state index in [4.69, 9.17) is 9.47 Å². The Morgan fingerprint density at radius 1 is 1.18 bits per heavy atom. The molecule has 0 aliphatic heterocycles. The van der Waals surface area contributed by atoms with E-state index in [9.17, 15) is 4.79 Å². The molecule has 0 spiro atoms. The number of para-hydroxylation sites is 1. The highest BCUT2D eigenvalue weighted by molar-refractivity contribution is 7.15. The molecule has 1 aromatic carbocycles. The molecule has 0 unspecified atom stereocenters. The molecule has 0 saturated heterocycles. The first-order valence-corrected chi connectivity index (χ1v) is 7.61. The second-order valence-corrected chi connectivity index (χ2v) is 5.90. The first kappa shape index (κ1) is 16.1. The van der Waals surface area contributed by atoms with E-state index in [1.54, 1.807) is 24.4 Å². The number of anilines is 2. The topological polar surface area (TPSA) is 72.5 Å². The molecular weight excluding hydrogens is 302 g/mol. The minimum atomic E-state index is -0.396. The quantitative estimate of drug-likeness (QED) is 0.875. The van der Waals surface area contributed by atoms with Crippen molar-refractivity contribution in [2.24, 2.45) is 0 Å². The van der Waals surface area contributed by atoms with E-state index in [-0.39, 0.29) is 0 Å². The molecule has 2 amide bonds. The fourth-order valence-electron chi connectivity index (χ4n) is 1.83. The molecule has 0 bridgehead atoms. The van der Waals surface area contributed by atoms with Crippen LogP contribution < -0.4 is 20.1 Å². The maximum absolute atomic E-state index is 12.1. The number of nitrogens with zero attached hydrogens (tertiary/aromatic N) is 1. The third-order valence-electron chi connectivity index (χ3n) is 2.98. The normalized spacial score (nSPS) is 10.4. The van der Waals surface area contributed by atoms with Crippen LogP contribution in [0.5, 0.6) is 11.5 Å². The van der Waals surface area contributed by atoms with Crippen LogP contribution in [0.2, 0.25) is 0 Å². The number of benzene rings is 1. The van der Waals surface area contributed by atoms with Crippen molar-refractivity contribution in [3.63, 3.8) is 0 Å². The van der Waals surface area contributed by atoms with Crippen molar-refractivity contribution in [3.05, 3.63) is 29.3 Å². The highest BCUT2D eigenvalue weighted by atomic mass is 32.1. The Bertz CT molecular complexity index is 633. The maximum atomic E-state index is 12.1. The largest absolute Gasteiger partial charge is 0.494 e. The van der Waals surface area contributed by atoms with Crippen LogP contribution in [0.15, 0.2) is 24.4 Å². The Kier molecular flexibility index (Phi) is 5.21. The van der Waals surface area contributed by atoms with Gasteiger partial charge >= 0.3 is 6.03 Å². The summed E-state index contributed by atoms with van der Waals surface area (Å²) < 4.78 is 10.5. The van der Waals surface area contributed by atoms with E-state index >= 15 is 0 Å². The van der Waals surface area contributed by atoms with Crippen LogP contribution in [0, 0.1) is 0 Å². The molecule has 2 rings (SSSR count). The predicted octanol–water partition coefficient (Wildman–Crippen LogP) is 3.93. The fraction of sp³-hybridized carbons (Fsp3) is 0.333. The summed E-state index contributed by atoms with van der Waals surface area (Å²) in [4.78, 5) is 17.4. The molecule has 118 valence electrons. The number of hydrogen-bond acceptors (Lipinski definition) is 5. The van der Waals surface area contributed by atoms with E-state index in [0.29, 0.717) is 28.2 Å². The monoisotopic (exact) mass is 321 g/mol. The van der Waals surface area contributed by atoms with Crippen LogP contribution in [0.4, 0.5) is 15.6 Å². The van der Waals surface area contributed by atoms with Gasteiger partial charge in [-0.3, -0.25) is 5.32 Å². The lowest BCUT2D eigenvalue weighted by Crippen LogP contribution is -2.20. The second kappa shape index (κ2) is 7.13. The molecule has 0 saturated carbocycles. The van der Waals surface area contributed by atoms with Crippen LogP contribution in [-0.4, -0.2) is 25.2 Å². The van der Waals surface area contributed by atoms with Gasteiger partial charge in [-0.25, -0.2) is 9.78 Å². The van der Waals surface area contributed by atoms with Crippen molar-refractivity contribution in [1.82, 2.24) is 4.98 Å². The third-order valence-corrected chi connectivity index (χ3v) is 4.19. The van der Waals surface area contributed by atoms with Gasteiger partial charge in [-0.05, 0) is 18.1 Å². The average Bonchev–Trinajstić information content (AvgIpc) is 2.96. The summed E-state index contributed by atoms with van der Waals surface area (Å²) in [5.74, 6) is 1.43. The molecule has 7 heteroatoms. The number of methoxy groups -OCH3 is 2. The molecular formula is C15H19N3O3S. The standard InChI is InChI=1S/C15H19N3O3S/c1-9(2)12-8-16-15(22-12)18-14(19)17-13-10(20-3)6-5-7-11(13)21-4/h5-9H,1-4H3,(H2,16,17,18,19). The zero-order valence-corrected chi connectivity index (χ0v) is 13.8. The highest BCUT2D eigenvalue weighted by Crippen LogP contribution is 2.34. The van der Waals surface area contributed by atoms with Gasteiger partial charge in [0, 0.05) is 11.1 Å². The smallest absolute Gasteiger partial charge is 0.325 e. The highest BCUT2D eigenvalue weighted by Gasteiger charge is 2.14. The van der Waals surface area contributed by atoms with E-state index < -0.39 is 6.03 Å². The fourth-order valence-corrected chi connectivity index (χ4v) is 2.64. The SMILES string of the molecule is COc1cccc(OC)c1NC(=O)Nc1ncc(C(C)C)s1. The minimum absolute atomic E-state index is 0.380. The molecule has 0 aliphatic rings. The summed E-state index contributed by atoms with van der Waals surface area (Å²) in [6, 6.07) is 4.89. The lowest BCUT2D eigenvalue weighted by molar-refractivity contribution is 0.262. The molecule has 0 aliphatic carbocycles. The number of hydrogen-bond donors (Lipinski definition) is 2. The van der Waals surface area contributed by atoms with Crippen molar-refractivity contribution in [1.29, 1.82) is 0 Å². The predicted molar refractivity (Wildman–Crippen MR) is 88.4 cm³/mol. The zero-order chi connectivity index (χ0) is 16.1. The van der Waals surface area contributed by atoms with Gasteiger partial charge in [0.2, 0.25) is 0 Å². The van der Waals surface area contributed by atoms with Crippen molar-refractivity contribution in [3.8, 4) is 11.5 Å². The molecule has 0 fully saturated rings. The van der Waals surface area contributed by atoms with Gasteiger partial charge in [0.15, 0.2) is 5.13 Å². The van der Waals surface area contributed by atoms with Crippen LogP contribution in [0.3, 0.4) is 0 Å². The van der Waals surface area contributed by atoms with Gasteiger partial charge in [0.25, 0.3) is 0 Å². The van der Waals surface area contributed by atoms with Gasteiger partial charge < -0.3 is 14.8 Å². The molecule has 6 nitrogen and oxygen atoms in total. The first-order chi connectivity index (χ1) is 10.5. The summed E-state index contributed by atoms with van der Waals surface area (Å²) in [7, 11) is 3.07. The van der Waals surface area contributed by atoms with Crippen LogP contribution in [0.1, 0.15) is 24.6 Å². The summed E-state index contributed by atoms with van der Waals surface area (Å²) >= 11 is 1.45. The number of thiazole rings is 1. The molecule has 0 radical (unpaired) electrons. The Balaban J connectivity index is 2.11. The number of ether oxygens (including phenoxy) is 2. The molecule has 1 heterocycles. The van der Waals surface area contributed by atoms with Gasteiger partial charge in [0.1, 0.15) is 17.2 Å². The number of carbonyl (C=O) groups is 1.